The molecule has 1 atom stereocenters. The first-order valence-electron chi connectivity index (χ1n) is 9.57. The van der Waals surface area contributed by atoms with Gasteiger partial charge in [-0.25, -0.2) is 4.39 Å². The zero-order valence-electron chi connectivity index (χ0n) is 17.3. The van der Waals surface area contributed by atoms with E-state index in [1.165, 1.54) is 13.8 Å². The Kier molecular flexibility index (Phi) is 6.17. The van der Waals surface area contributed by atoms with Gasteiger partial charge in [0.15, 0.2) is 11.6 Å². The first kappa shape index (κ1) is 23.8. The summed E-state index contributed by atoms with van der Waals surface area (Å²) < 4.78 is 53.6. The van der Waals surface area contributed by atoms with Crippen LogP contribution in [-0.2, 0) is 22.2 Å². The zero-order chi connectivity index (χ0) is 24.7. The molecule has 0 saturated carbocycles. The number of carboxylic acid groups (broad SMARTS) is 1. The van der Waals surface area contributed by atoms with Crippen LogP contribution < -0.4 is 5.32 Å². The molecule has 1 unspecified atom stereocenters. The molecule has 0 aliphatic heterocycles. The molecule has 1 aromatic heterocycles. The molecule has 2 aromatic carbocycles. The fraction of sp³-hybridized carbons (Fsp3) is 0.227. The summed E-state index contributed by atoms with van der Waals surface area (Å²) in [5.74, 6) is -4.52. The fourth-order valence-electron chi connectivity index (χ4n) is 3.42. The Morgan fingerprint density at radius 2 is 1.73 bits per heavy atom. The molecule has 3 N–H and O–H groups in total. The van der Waals surface area contributed by atoms with Crippen LogP contribution in [0.15, 0.2) is 36.4 Å². The second-order valence-electron chi connectivity index (χ2n) is 7.40. The number of rotatable bonds is 5. The van der Waals surface area contributed by atoms with Crippen LogP contribution in [0.4, 0.5) is 17.6 Å². The topological polar surface area (TPSA) is 109 Å². The number of aromatic nitrogens is 1. The Morgan fingerprint density at radius 1 is 1.12 bits per heavy atom. The number of benzene rings is 2. The van der Waals surface area contributed by atoms with E-state index in [2.05, 4.69) is 5.32 Å². The maximum Gasteiger partial charge on any atom is 0.416 e. The number of hydrogen-bond donors (Lipinski definition) is 3. The largest absolute Gasteiger partial charge is 0.505 e. The molecule has 0 spiro atoms. The molecule has 0 fully saturated rings. The molecule has 3 aromatic rings. The van der Waals surface area contributed by atoms with Crippen molar-refractivity contribution in [3.8, 4) is 5.75 Å². The summed E-state index contributed by atoms with van der Waals surface area (Å²) in [4.78, 5) is 36.4. The third-order valence-corrected chi connectivity index (χ3v) is 5.15. The Morgan fingerprint density at radius 3 is 2.27 bits per heavy atom. The monoisotopic (exact) mass is 466 g/mol. The van der Waals surface area contributed by atoms with Gasteiger partial charge >= 0.3 is 12.1 Å². The van der Waals surface area contributed by atoms with Gasteiger partial charge in [-0.1, -0.05) is 0 Å². The predicted octanol–water partition coefficient (Wildman–Crippen LogP) is 3.63. The molecular formula is C22H18F4N2O5. The molecule has 0 aliphatic rings. The Balaban J connectivity index is 2.09. The van der Waals surface area contributed by atoms with Crippen LogP contribution >= 0.6 is 0 Å². The van der Waals surface area contributed by atoms with Crippen LogP contribution in [0.25, 0.3) is 10.9 Å². The third-order valence-electron chi connectivity index (χ3n) is 5.15. The Bertz CT molecular complexity index is 1260. The number of hydrogen-bond acceptors (Lipinski definition) is 4. The van der Waals surface area contributed by atoms with Crippen molar-refractivity contribution >= 4 is 28.7 Å². The van der Waals surface area contributed by atoms with E-state index in [0.717, 1.165) is 41.0 Å². The smallest absolute Gasteiger partial charge is 0.416 e. The van der Waals surface area contributed by atoms with E-state index in [0.29, 0.717) is 0 Å². The summed E-state index contributed by atoms with van der Waals surface area (Å²) >= 11 is 0. The molecule has 11 heteroatoms. The second-order valence-corrected chi connectivity index (χ2v) is 7.40. The van der Waals surface area contributed by atoms with Gasteiger partial charge in [0.2, 0.25) is 5.91 Å². The number of alkyl halides is 3. The minimum atomic E-state index is -4.59. The third kappa shape index (κ3) is 4.66. The van der Waals surface area contributed by atoms with E-state index in [9.17, 15) is 37.1 Å². The van der Waals surface area contributed by atoms with Crippen molar-refractivity contribution in [1.82, 2.24) is 9.88 Å². The highest BCUT2D eigenvalue weighted by molar-refractivity contribution is 6.05. The number of nitrogens with zero attached hydrogens (tertiary/aromatic N) is 1. The Labute approximate surface area is 184 Å². The minimum Gasteiger partial charge on any atom is -0.505 e. The van der Waals surface area contributed by atoms with Crippen molar-refractivity contribution in [3.63, 3.8) is 0 Å². The lowest BCUT2D eigenvalue weighted by Gasteiger charge is -2.11. The van der Waals surface area contributed by atoms with Crippen molar-refractivity contribution < 1.29 is 42.2 Å². The molecule has 7 nitrogen and oxygen atoms in total. The summed E-state index contributed by atoms with van der Waals surface area (Å²) in [6, 6.07) is 4.15. The van der Waals surface area contributed by atoms with E-state index >= 15 is 0 Å². The van der Waals surface area contributed by atoms with Crippen molar-refractivity contribution in [1.29, 1.82) is 0 Å². The number of halogens is 4. The number of phenolic OH excluding ortho intramolecular Hbond substituents is 1. The number of carbonyl (C=O) groups excluding carboxylic acids is 2. The van der Waals surface area contributed by atoms with Gasteiger partial charge in [0.1, 0.15) is 6.04 Å². The molecule has 1 heterocycles. The van der Waals surface area contributed by atoms with E-state index in [1.54, 1.807) is 0 Å². The average Bonchev–Trinajstić information content (AvgIpc) is 2.98. The minimum absolute atomic E-state index is 0.0122. The lowest BCUT2D eigenvalue weighted by molar-refractivity contribution is -0.141. The van der Waals surface area contributed by atoms with Crippen LogP contribution in [0.2, 0.25) is 0 Å². The van der Waals surface area contributed by atoms with Gasteiger partial charge in [-0.3, -0.25) is 19.0 Å². The molecule has 33 heavy (non-hydrogen) atoms. The lowest BCUT2D eigenvalue weighted by atomic mass is 10.1. The Hall–Kier alpha value is -3.89. The SMILES string of the molecule is Cc1c(CC(=O)NC(C)C(=O)O)c2cc(O)c(F)cc2n1C(=O)c1ccc(C(F)(F)F)cc1. The second kappa shape index (κ2) is 8.57. The van der Waals surface area contributed by atoms with E-state index in [-0.39, 0.29) is 27.7 Å². The highest BCUT2D eigenvalue weighted by atomic mass is 19.4. The molecule has 0 aliphatic carbocycles. The number of aromatic hydroxyl groups is 1. The van der Waals surface area contributed by atoms with Gasteiger partial charge in [-0.15, -0.1) is 0 Å². The summed E-state index contributed by atoms with van der Waals surface area (Å²) in [5.41, 5.74) is -0.684. The highest BCUT2D eigenvalue weighted by Crippen LogP contribution is 2.33. The van der Waals surface area contributed by atoms with E-state index < -0.39 is 53.6 Å². The standard InChI is InChI=1S/C22H18F4N2O5/c1-10(21(32)33)27-19(30)8-14-11(2)28(17-9-16(23)18(29)7-15(14)17)20(31)12-3-5-13(6-4-12)22(24,25)26/h3-7,9-10,29H,8H2,1-2H3,(H,27,30)(H,32,33). The highest BCUT2D eigenvalue weighted by Gasteiger charge is 2.31. The number of carboxylic acids is 1. The first-order chi connectivity index (χ1) is 15.3. The van der Waals surface area contributed by atoms with Gasteiger partial charge in [0.25, 0.3) is 5.91 Å². The van der Waals surface area contributed by atoms with Crippen molar-refractivity contribution in [2.45, 2.75) is 32.5 Å². The zero-order valence-corrected chi connectivity index (χ0v) is 17.3. The summed E-state index contributed by atoms with van der Waals surface area (Å²) in [6.45, 7) is 2.70. The maximum absolute atomic E-state index is 14.1. The van der Waals surface area contributed by atoms with Gasteiger partial charge in [-0.2, -0.15) is 13.2 Å². The van der Waals surface area contributed by atoms with Gasteiger partial charge in [0.05, 0.1) is 17.5 Å². The molecule has 3 rings (SSSR count). The van der Waals surface area contributed by atoms with Crippen molar-refractivity contribution in [3.05, 3.63) is 64.6 Å². The van der Waals surface area contributed by atoms with Crippen LogP contribution in [0.1, 0.15) is 34.1 Å². The number of amides is 1. The number of aliphatic carboxylic acids is 1. The normalized spacial score (nSPS) is 12.5. The number of phenols is 1. The number of carbonyl (C=O) groups is 3. The molecule has 174 valence electrons. The van der Waals surface area contributed by atoms with Crippen LogP contribution in [-0.4, -0.2) is 38.6 Å². The van der Waals surface area contributed by atoms with Crippen molar-refractivity contribution in [2.75, 3.05) is 0 Å². The number of nitrogens with one attached hydrogen (secondary N) is 1. The molecule has 0 saturated heterocycles. The average molecular weight is 466 g/mol. The van der Waals surface area contributed by atoms with E-state index in [1.807, 2.05) is 0 Å². The van der Waals surface area contributed by atoms with E-state index in [4.69, 9.17) is 5.11 Å². The lowest BCUT2D eigenvalue weighted by Crippen LogP contribution is -2.39. The maximum atomic E-state index is 14.1. The molecular weight excluding hydrogens is 448 g/mol. The van der Waals surface area contributed by atoms with Crippen molar-refractivity contribution in [2.24, 2.45) is 0 Å². The van der Waals surface area contributed by atoms with Gasteiger partial charge in [-0.05, 0) is 49.7 Å². The van der Waals surface area contributed by atoms with Crippen LogP contribution in [0, 0.1) is 12.7 Å². The fourth-order valence-corrected chi connectivity index (χ4v) is 3.42. The molecule has 0 bridgehead atoms. The molecule has 0 radical (unpaired) electrons. The van der Waals surface area contributed by atoms with Crippen LogP contribution in [0.5, 0.6) is 5.75 Å². The predicted molar refractivity (Wildman–Crippen MR) is 108 cm³/mol. The molecule has 1 amide bonds. The first-order valence-corrected chi connectivity index (χ1v) is 9.57. The summed E-state index contributed by atoms with van der Waals surface area (Å²) in [5, 5.41) is 21.2. The quantitative estimate of drug-likeness (QED) is 0.498. The number of fused-ring (bicyclic) bond motifs is 1. The summed E-state index contributed by atoms with van der Waals surface area (Å²) in [7, 11) is 0. The van der Waals surface area contributed by atoms with Gasteiger partial charge in [0, 0.05) is 22.7 Å². The van der Waals surface area contributed by atoms with Crippen LogP contribution in [0.3, 0.4) is 0 Å². The summed E-state index contributed by atoms with van der Waals surface area (Å²) in [6.07, 6.45) is -4.98. The van der Waals surface area contributed by atoms with Gasteiger partial charge < -0.3 is 15.5 Å².